The highest BCUT2D eigenvalue weighted by atomic mass is 35.5. The van der Waals surface area contributed by atoms with Crippen LogP contribution >= 0.6 is 23.8 Å². The fourth-order valence-electron chi connectivity index (χ4n) is 1.06. The van der Waals surface area contributed by atoms with Gasteiger partial charge in [-0.15, -0.1) is 0 Å². The molecule has 1 aromatic heterocycles. The Kier molecular flexibility index (Phi) is 3.02. The van der Waals surface area contributed by atoms with Crippen molar-refractivity contribution >= 4 is 30.0 Å². The fourth-order valence-corrected chi connectivity index (χ4v) is 1.39. The summed E-state index contributed by atoms with van der Waals surface area (Å²) in [5, 5.41) is 19.9. The van der Waals surface area contributed by atoms with Crippen molar-refractivity contribution in [2.45, 2.75) is 0 Å². The molecular weight excluding hydrogens is 248 g/mol. The minimum absolute atomic E-state index is 0.0405. The van der Waals surface area contributed by atoms with E-state index < -0.39 is 0 Å². The van der Waals surface area contributed by atoms with Gasteiger partial charge in [0.25, 0.3) is 0 Å². The summed E-state index contributed by atoms with van der Waals surface area (Å²) in [5.41, 5.74) is 0.755. The minimum atomic E-state index is 0.0405. The monoisotopic (exact) mass is 254 g/mol. The molecular formula is C9H7ClN4OS. The number of aromatic hydroxyl groups is 1. The van der Waals surface area contributed by atoms with Crippen LogP contribution in [0.1, 0.15) is 5.56 Å². The number of aromatic amines is 1. The second-order valence-corrected chi connectivity index (χ2v) is 3.76. The van der Waals surface area contributed by atoms with Gasteiger partial charge in [0.1, 0.15) is 12.1 Å². The Morgan fingerprint density at radius 3 is 3.00 bits per heavy atom. The predicted octanol–water partition coefficient (Wildman–Crippen LogP) is 2.18. The first kappa shape index (κ1) is 10.8. The largest absolute Gasteiger partial charge is 0.506 e. The lowest BCUT2D eigenvalue weighted by molar-refractivity contribution is 0.475. The highest BCUT2D eigenvalue weighted by molar-refractivity contribution is 7.71. The van der Waals surface area contributed by atoms with Crippen LogP contribution in [0.5, 0.6) is 5.75 Å². The molecule has 0 bridgehead atoms. The third kappa shape index (κ3) is 2.29. The summed E-state index contributed by atoms with van der Waals surface area (Å²) in [6.45, 7) is 0. The number of halogens is 1. The van der Waals surface area contributed by atoms with Gasteiger partial charge in [0, 0.05) is 0 Å². The Bertz CT molecular complexity index is 589. The van der Waals surface area contributed by atoms with E-state index in [1.165, 1.54) is 17.1 Å². The molecule has 0 aliphatic heterocycles. The number of H-pyrrole nitrogens is 1. The number of rotatable bonds is 2. The van der Waals surface area contributed by atoms with Crippen LogP contribution in [0.2, 0.25) is 5.02 Å². The summed E-state index contributed by atoms with van der Waals surface area (Å²) in [4.78, 5) is 0. The molecule has 0 aliphatic rings. The van der Waals surface area contributed by atoms with Crippen LogP contribution < -0.4 is 0 Å². The fraction of sp³-hybridized carbons (Fsp3) is 0. The summed E-state index contributed by atoms with van der Waals surface area (Å²) in [5.74, 6) is 0.0405. The van der Waals surface area contributed by atoms with E-state index in [-0.39, 0.29) is 10.8 Å². The van der Waals surface area contributed by atoms with Crippen LogP contribution in [0.15, 0.2) is 29.6 Å². The Morgan fingerprint density at radius 1 is 1.56 bits per heavy atom. The van der Waals surface area contributed by atoms with Crippen LogP contribution in [0, 0.1) is 4.77 Å². The highest BCUT2D eigenvalue weighted by Gasteiger charge is 1.97. The first-order valence-corrected chi connectivity index (χ1v) is 5.10. The zero-order valence-electron chi connectivity index (χ0n) is 7.96. The molecule has 0 saturated carbocycles. The summed E-state index contributed by atoms with van der Waals surface area (Å²) in [6, 6.07) is 4.79. The average molecular weight is 255 g/mol. The molecule has 82 valence electrons. The van der Waals surface area contributed by atoms with Crippen LogP contribution in [-0.4, -0.2) is 26.2 Å². The maximum Gasteiger partial charge on any atom is 0.216 e. The Morgan fingerprint density at radius 2 is 2.38 bits per heavy atom. The van der Waals surface area contributed by atoms with Gasteiger partial charge in [0.2, 0.25) is 4.77 Å². The maximum atomic E-state index is 9.23. The number of hydrogen-bond donors (Lipinski definition) is 2. The Hall–Kier alpha value is -1.66. The highest BCUT2D eigenvalue weighted by Crippen LogP contribution is 2.22. The van der Waals surface area contributed by atoms with Crippen LogP contribution in [0.3, 0.4) is 0 Å². The number of phenols is 1. The molecule has 0 spiro atoms. The Labute approximate surface area is 101 Å². The normalized spacial score (nSPS) is 11.1. The molecule has 0 aliphatic carbocycles. The van der Waals surface area contributed by atoms with Crippen molar-refractivity contribution < 1.29 is 5.11 Å². The molecule has 16 heavy (non-hydrogen) atoms. The summed E-state index contributed by atoms with van der Waals surface area (Å²) in [6.07, 6.45) is 3.03. The third-order valence-corrected chi connectivity index (χ3v) is 2.42. The SMILES string of the molecule is Oc1ccc(/C=N\n2cn[nH]c2=S)cc1Cl. The van der Waals surface area contributed by atoms with Crippen LogP contribution in [0.25, 0.3) is 0 Å². The molecule has 0 atom stereocenters. The predicted molar refractivity (Wildman–Crippen MR) is 63.5 cm³/mol. The van der Waals surface area contributed by atoms with E-state index in [2.05, 4.69) is 15.3 Å². The van der Waals surface area contributed by atoms with Gasteiger partial charge in [0.15, 0.2) is 0 Å². The summed E-state index contributed by atoms with van der Waals surface area (Å²) >= 11 is 10.7. The van der Waals surface area contributed by atoms with Crippen molar-refractivity contribution in [3.63, 3.8) is 0 Å². The first-order valence-electron chi connectivity index (χ1n) is 4.32. The van der Waals surface area contributed by atoms with Crippen LogP contribution in [-0.2, 0) is 0 Å². The Balaban J connectivity index is 2.27. The van der Waals surface area contributed by atoms with Gasteiger partial charge < -0.3 is 5.11 Å². The molecule has 2 rings (SSSR count). The van der Waals surface area contributed by atoms with E-state index in [0.717, 1.165) is 5.56 Å². The van der Waals surface area contributed by atoms with Gasteiger partial charge in [0.05, 0.1) is 11.2 Å². The van der Waals surface area contributed by atoms with Crippen molar-refractivity contribution in [1.82, 2.24) is 14.9 Å². The van der Waals surface area contributed by atoms with Gasteiger partial charge in [-0.05, 0) is 36.0 Å². The molecule has 0 radical (unpaired) electrons. The minimum Gasteiger partial charge on any atom is -0.506 e. The van der Waals surface area contributed by atoms with Crippen LogP contribution in [0.4, 0.5) is 0 Å². The second-order valence-electron chi connectivity index (χ2n) is 2.96. The van der Waals surface area contributed by atoms with E-state index >= 15 is 0 Å². The molecule has 1 aromatic carbocycles. The number of hydrogen-bond acceptors (Lipinski definition) is 4. The molecule has 2 aromatic rings. The standard InChI is InChI=1S/C9H7ClN4OS/c10-7-3-6(1-2-8(7)15)4-12-14-5-11-13-9(14)16/h1-5,15H,(H,13,16)/b12-4-. The van der Waals surface area contributed by atoms with Gasteiger partial charge in [-0.3, -0.25) is 5.10 Å². The molecule has 1 heterocycles. The molecule has 0 unspecified atom stereocenters. The van der Waals surface area contributed by atoms with Gasteiger partial charge in [-0.25, -0.2) is 0 Å². The van der Waals surface area contributed by atoms with Gasteiger partial charge >= 0.3 is 0 Å². The molecule has 7 heteroatoms. The van der Waals surface area contributed by atoms with Gasteiger partial charge in [-0.1, -0.05) is 11.6 Å². The average Bonchev–Trinajstić information content (AvgIpc) is 2.66. The van der Waals surface area contributed by atoms with E-state index in [9.17, 15) is 5.11 Å². The van der Waals surface area contributed by atoms with Crippen molar-refractivity contribution in [3.8, 4) is 5.75 Å². The smallest absolute Gasteiger partial charge is 0.216 e. The number of aromatic nitrogens is 3. The van der Waals surface area contributed by atoms with E-state index in [1.807, 2.05) is 0 Å². The van der Waals surface area contributed by atoms with Crippen molar-refractivity contribution in [1.29, 1.82) is 0 Å². The molecule has 0 amide bonds. The second kappa shape index (κ2) is 4.46. The number of phenolic OH excluding ortho intramolecular Hbond substituents is 1. The lowest BCUT2D eigenvalue weighted by Gasteiger charge is -1.97. The number of benzene rings is 1. The lowest BCUT2D eigenvalue weighted by atomic mass is 10.2. The lowest BCUT2D eigenvalue weighted by Crippen LogP contribution is -1.89. The molecule has 0 fully saturated rings. The van der Waals surface area contributed by atoms with E-state index in [4.69, 9.17) is 23.8 Å². The number of nitrogens with one attached hydrogen (secondary N) is 1. The van der Waals surface area contributed by atoms with Crippen molar-refractivity contribution in [3.05, 3.63) is 39.9 Å². The molecule has 2 N–H and O–H groups in total. The summed E-state index contributed by atoms with van der Waals surface area (Å²) in [7, 11) is 0. The van der Waals surface area contributed by atoms with E-state index in [0.29, 0.717) is 4.77 Å². The zero-order chi connectivity index (χ0) is 11.5. The number of nitrogens with zero attached hydrogens (tertiary/aromatic N) is 3. The summed E-state index contributed by atoms with van der Waals surface area (Å²) < 4.78 is 1.82. The first-order chi connectivity index (χ1) is 7.66. The molecule has 5 nitrogen and oxygen atoms in total. The topological polar surface area (TPSA) is 66.2 Å². The third-order valence-electron chi connectivity index (χ3n) is 1.84. The maximum absolute atomic E-state index is 9.23. The van der Waals surface area contributed by atoms with Gasteiger partial charge in [-0.2, -0.15) is 14.9 Å². The van der Waals surface area contributed by atoms with E-state index in [1.54, 1.807) is 18.3 Å². The quantitative estimate of drug-likeness (QED) is 0.638. The van der Waals surface area contributed by atoms with Crippen molar-refractivity contribution in [2.24, 2.45) is 5.10 Å². The zero-order valence-corrected chi connectivity index (χ0v) is 9.53. The molecule has 0 saturated heterocycles. The van der Waals surface area contributed by atoms with Crippen molar-refractivity contribution in [2.75, 3.05) is 0 Å².